The fraction of sp³-hybridized carbons (Fsp3) is 0.533. The molecule has 0 bridgehead atoms. The molecule has 1 saturated heterocycles. The van der Waals surface area contributed by atoms with E-state index in [9.17, 15) is 4.79 Å². The summed E-state index contributed by atoms with van der Waals surface area (Å²) in [6.07, 6.45) is 2.37. The Morgan fingerprint density at radius 1 is 1.50 bits per heavy atom. The van der Waals surface area contributed by atoms with E-state index in [1.54, 1.807) is 20.1 Å². The summed E-state index contributed by atoms with van der Waals surface area (Å²) >= 11 is 1.89. The normalized spacial score (nSPS) is 20.2. The summed E-state index contributed by atoms with van der Waals surface area (Å²) in [6, 6.07) is 5.44. The van der Waals surface area contributed by atoms with Crippen LogP contribution in [0.4, 0.5) is 0 Å². The van der Waals surface area contributed by atoms with Crippen molar-refractivity contribution in [2.75, 3.05) is 18.6 Å². The Hall–Kier alpha value is -1.36. The van der Waals surface area contributed by atoms with E-state index in [1.807, 2.05) is 23.9 Å². The molecule has 2 atom stereocenters. The first kappa shape index (κ1) is 15.0. The number of para-hydroxylation sites is 1. The third-order valence-corrected chi connectivity index (χ3v) is 4.65. The first-order chi connectivity index (χ1) is 9.63. The highest BCUT2D eigenvalue weighted by molar-refractivity contribution is 7.99. The maximum absolute atomic E-state index is 11.2. The highest BCUT2D eigenvalue weighted by Crippen LogP contribution is 2.37. The molecule has 2 rings (SSSR count). The Kier molecular flexibility index (Phi) is 5.17. The molecule has 4 nitrogen and oxygen atoms in total. The average Bonchev–Trinajstić information content (AvgIpc) is 2.47. The van der Waals surface area contributed by atoms with Gasteiger partial charge in [0.25, 0.3) is 0 Å². The predicted octanol–water partition coefficient (Wildman–Crippen LogP) is 3.16. The fourth-order valence-electron chi connectivity index (χ4n) is 2.30. The zero-order valence-electron chi connectivity index (χ0n) is 11.8. The lowest BCUT2D eigenvalue weighted by atomic mass is 10.00. The van der Waals surface area contributed by atoms with Gasteiger partial charge in [-0.15, -0.1) is 0 Å². The van der Waals surface area contributed by atoms with Gasteiger partial charge in [0.15, 0.2) is 11.5 Å². The quantitative estimate of drug-likeness (QED) is 0.904. The van der Waals surface area contributed by atoms with Gasteiger partial charge in [-0.3, -0.25) is 4.79 Å². The molecule has 1 aromatic rings. The van der Waals surface area contributed by atoms with E-state index in [2.05, 4.69) is 0 Å². The summed E-state index contributed by atoms with van der Waals surface area (Å²) in [4.78, 5) is 11.2. The van der Waals surface area contributed by atoms with Gasteiger partial charge >= 0.3 is 5.97 Å². The molecule has 2 unspecified atom stereocenters. The van der Waals surface area contributed by atoms with Gasteiger partial charge in [0.2, 0.25) is 0 Å². The van der Waals surface area contributed by atoms with E-state index in [0.29, 0.717) is 17.1 Å². The van der Waals surface area contributed by atoms with Gasteiger partial charge in [0.05, 0.1) is 13.0 Å². The summed E-state index contributed by atoms with van der Waals surface area (Å²) < 4.78 is 11.4. The lowest BCUT2D eigenvalue weighted by Gasteiger charge is -2.24. The van der Waals surface area contributed by atoms with Crippen molar-refractivity contribution in [2.24, 2.45) is 0 Å². The van der Waals surface area contributed by atoms with E-state index < -0.39 is 11.9 Å². The predicted molar refractivity (Wildman–Crippen MR) is 80.0 cm³/mol. The van der Waals surface area contributed by atoms with Crippen LogP contribution < -0.4 is 9.47 Å². The molecule has 0 aromatic heterocycles. The molecule has 0 radical (unpaired) electrons. The second kappa shape index (κ2) is 6.88. The second-order valence-electron chi connectivity index (χ2n) is 4.90. The molecule has 1 aliphatic rings. The minimum atomic E-state index is -0.867. The Morgan fingerprint density at radius 2 is 2.30 bits per heavy atom. The number of thioether (sulfide) groups is 1. The van der Waals surface area contributed by atoms with Crippen LogP contribution in [0.15, 0.2) is 18.2 Å². The average molecular weight is 296 g/mol. The maximum atomic E-state index is 11.2. The Balaban J connectivity index is 2.23. The summed E-state index contributed by atoms with van der Waals surface area (Å²) in [6.45, 7) is 1.65. The van der Waals surface area contributed by atoms with Crippen molar-refractivity contribution in [1.82, 2.24) is 0 Å². The molecular weight excluding hydrogens is 276 g/mol. The minimum absolute atomic E-state index is 0.179. The maximum Gasteiger partial charge on any atom is 0.310 e. The number of hydrogen-bond acceptors (Lipinski definition) is 4. The number of carboxylic acid groups (broad SMARTS) is 1. The topological polar surface area (TPSA) is 55.8 Å². The molecule has 1 heterocycles. The standard InChI is InChI=1S/C15H20O4S/c1-10(15(16)17)12-6-3-7-13(14(12)18-2)19-11-5-4-8-20-9-11/h3,6-7,10-11H,4-5,8-9H2,1-2H3,(H,16,17). The van der Waals surface area contributed by atoms with Gasteiger partial charge in [-0.2, -0.15) is 11.8 Å². The number of carbonyl (C=O) groups is 1. The van der Waals surface area contributed by atoms with Gasteiger partial charge in [0, 0.05) is 11.3 Å². The molecule has 20 heavy (non-hydrogen) atoms. The number of methoxy groups -OCH3 is 1. The van der Waals surface area contributed by atoms with Crippen LogP contribution in [0.3, 0.4) is 0 Å². The van der Waals surface area contributed by atoms with Gasteiger partial charge in [-0.25, -0.2) is 0 Å². The van der Waals surface area contributed by atoms with Crippen molar-refractivity contribution in [3.63, 3.8) is 0 Å². The Labute approximate surface area is 123 Å². The summed E-state index contributed by atoms with van der Waals surface area (Å²) in [5.74, 6) is 1.86. The largest absolute Gasteiger partial charge is 0.493 e. The van der Waals surface area contributed by atoms with E-state index in [4.69, 9.17) is 14.6 Å². The molecule has 1 aliphatic heterocycles. The molecule has 0 spiro atoms. The molecule has 5 heteroatoms. The lowest BCUT2D eigenvalue weighted by molar-refractivity contribution is -0.138. The lowest BCUT2D eigenvalue weighted by Crippen LogP contribution is -2.23. The van der Waals surface area contributed by atoms with Gasteiger partial charge in [-0.05, 0) is 31.6 Å². The molecule has 0 aliphatic carbocycles. The Morgan fingerprint density at radius 3 is 2.90 bits per heavy atom. The third kappa shape index (κ3) is 3.39. The van der Waals surface area contributed by atoms with Crippen molar-refractivity contribution < 1.29 is 19.4 Å². The monoisotopic (exact) mass is 296 g/mol. The number of hydrogen-bond donors (Lipinski definition) is 1. The van der Waals surface area contributed by atoms with E-state index >= 15 is 0 Å². The summed E-state index contributed by atoms with van der Waals surface area (Å²) in [7, 11) is 1.55. The Bertz CT molecular complexity index is 469. The van der Waals surface area contributed by atoms with Gasteiger partial charge in [0.1, 0.15) is 6.10 Å². The van der Waals surface area contributed by atoms with Crippen molar-refractivity contribution in [1.29, 1.82) is 0 Å². The van der Waals surface area contributed by atoms with Crippen LogP contribution in [0.5, 0.6) is 11.5 Å². The first-order valence-electron chi connectivity index (χ1n) is 6.77. The van der Waals surface area contributed by atoms with Crippen LogP contribution in [-0.2, 0) is 4.79 Å². The van der Waals surface area contributed by atoms with Crippen LogP contribution in [-0.4, -0.2) is 35.8 Å². The van der Waals surface area contributed by atoms with Crippen LogP contribution in [0.1, 0.15) is 31.2 Å². The van der Waals surface area contributed by atoms with Crippen LogP contribution >= 0.6 is 11.8 Å². The number of rotatable bonds is 5. The number of aliphatic carboxylic acids is 1. The van der Waals surface area contributed by atoms with E-state index in [-0.39, 0.29) is 6.10 Å². The molecule has 1 fully saturated rings. The molecule has 0 saturated carbocycles. The molecule has 1 N–H and O–H groups in total. The van der Waals surface area contributed by atoms with E-state index in [1.165, 1.54) is 5.75 Å². The smallest absolute Gasteiger partial charge is 0.310 e. The molecule has 1 aromatic carbocycles. The summed E-state index contributed by atoms with van der Waals surface area (Å²) in [5.41, 5.74) is 0.654. The highest BCUT2D eigenvalue weighted by atomic mass is 32.2. The van der Waals surface area contributed by atoms with Crippen molar-refractivity contribution in [2.45, 2.75) is 31.8 Å². The van der Waals surface area contributed by atoms with E-state index in [0.717, 1.165) is 18.6 Å². The number of benzene rings is 1. The van der Waals surface area contributed by atoms with Gasteiger partial charge < -0.3 is 14.6 Å². The minimum Gasteiger partial charge on any atom is -0.493 e. The molecule has 0 amide bonds. The van der Waals surface area contributed by atoms with Crippen molar-refractivity contribution in [3.8, 4) is 11.5 Å². The highest BCUT2D eigenvalue weighted by Gasteiger charge is 2.23. The zero-order valence-corrected chi connectivity index (χ0v) is 12.6. The molecular formula is C15H20O4S. The summed E-state index contributed by atoms with van der Waals surface area (Å²) in [5, 5.41) is 9.17. The zero-order chi connectivity index (χ0) is 14.5. The van der Waals surface area contributed by atoms with Gasteiger partial charge in [-0.1, -0.05) is 12.1 Å². The second-order valence-corrected chi connectivity index (χ2v) is 6.05. The fourth-order valence-corrected chi connectivity index (χ4v) is 3.34. The van der Waals surface area contributed by atoms with Crippen LogP contribution in [0.25, 0.3) is 0 Å². The third-order valence-electron chi connectivity index (χ3n) is 3.46. The molecule has 110 valence electrons. The van der Waals surface area contributed by atoms with Crippen molar-refractivity contribution in [3.05, 3.63) is 23.8 Å². The van der Waals surface area contributed by atoms with Crippen molar-refractivity contribution >= 4 is 17.7 Å². The van der Waals surface area contributed by atoms with Crippen LogP contribution in [0, 0.1) is 0 Å². The first-order valence-corrected chi connectivity index (χ1v) is 7.93. The number of carboxylic acids is 1. The number of ether oxygens (including phenoxy) is 2. The SMILES string of the molecule is COc1c(OC2CCCSC2)cccc1C(C)C(=O)O. The van der Waals surface area contributed by atoms with Crippen LogP contribution in [0.2, 0.25) is 0 Å².